The molecule has 4 heteroatoms. The lowest BCUT2D eigenvalue weighted by Crippen LogP contribution is -2.17. The smallest absolute Gasteiger partial charge is 0.136 e. The van der Waals surface area contributed by atoms with E-state index in [-0.39, 0.29) is 5.41 Å². The molecule has 4 nitrogen and oxygen atoms in total. The summed E-state index contributed by atoms with van der Waals surface area (Å²) in [5, 5.41) is 3.11. The highest BCUT2D eigenvalue weighted by atomic mass is 16.5. The second-order valence-electron chi connectivity index (χ2n) is 6.17. The first-order valence-electron chi connectivity index (χ1n) is 7.07. The standard InChI is InChI=1S/C17H23N3O/c1-11-7-8-14(21-6)12(9-11)13-10-15(18-5)20-16(19-13)17(2,3)4/h7-10H,1-6H3,(H,18,19,20). The third-order valence-corrected chi connectivity index (χ3v) is 3.28. The SMILES string of the molecule is CNc1cc(-c2cc(C)ccc2OC)nc(C(C)(C)C)n1. The normalized spacial score (nSPS) is 11.3. The number of hydrogen-bond acceptors (Lipinski definition) is 4. The topological polar surface area (TPSA) is 47.0 Å². The zero-order chi connectivity index (χ0) is 15.6. The van der Waals surface area contributed by atoms with Gasteiger partial charge in [0.25, 0.3) is 0 Å². The van der Waals surface area contributed by atoms with E-state index in [1.165, 1.54) is 5.56 Å². The van der Waals surface area contributed by atoms with Crippen LogP contribution < -0.4 is 10.1 Å². The first kappa shape index (κ1) is 15.3. The molecule has 1 heterocycles. The molecule has 0 spiro atoms. The average molecular weight is 285 g/mol. The third kappa shape index (κ3) is 3.32. The van der Waals surface area contributed by atoms with Crippen molar-refractivity contribution < 1.29 is 4.74 Å². The summed E-state index contributed by atoms with van der Waals surface area (Å²) in [5.41, 5.74) is 2.92. The van der Waals surface area contributed by atoms with Crippen molar-refractivity contribution >= 4 is 5.82 Å². The van der Waals surface area contributed by atoms with Crippen LogP contribution >= 0.6 is 0 Å². The molecule has 0 aliphatic heterocycles. The average Bonchev–Trinajstić information content (AvgIpc) is 2.45. The maximum Gasteiger partial charge on any atom is 0.136 e. The Morgan fingerprint density at radius 2 is 1.81 bits per heavy atom. The molecule has 1 aromatic carbocycles. The largest absolute Gasteiger partial charge is 0.496 e. The number of methoxy groups -OCH3 is 1. The molecule has 0 fully saturated rings. The molecule has 0 amide bonds. The van der Waals surface area contributed by atoms with Crippen LogP contribution in [0.15, 0.2) is 24.3 Å². The van der Waals surface area contributed by atoms with Crippen LogP contribution in [-0.2, 0) is 5.41 Å². The van der Waals surface area contributed by atoms with Crippen LogP contribution in [0.2, 0.25) is 0 Å². The van der Waals surface area contributed by atoms with Gasteiger partial charge in [0, 0.05) is 24.1 Å². The van der Waals surface area contributed by atoms with Crippen LogP contribution in [0.1, 0.15) is 32.2 Å². The van der Waals surface area contributed by atoms with Gasteiger partial charge in [0.15, 0.2) is 0 Å². The Morgan fingerprint density at radius 3 is 2.38 bits per heavy atom. The molecule has 0 saturated heterocycles. The van der Waals surface area contributed by atoms with Crippen LogP contribution in [0.5, 0.6) is 5.75 Å². The Bertz CT molecular complexity index is 645. The van der Waals surface area contributed by atoms with Gasteiger partial charge in [-0.2, -0.15) is 0 Å². The summed E-state index contributed by atoms with van der Waals surface area (Å²) in [6.07, 6.45) is 0. The fraction of sp³-hybridized carbons (Fsp3) is 0.412. The number of nitrogens with one attached hydrogen (secondary N) is 1. The van der Waals surface area contributed by atoms with Crippen LogP contribution in [0.3, 0.4) is 0 Å². The van der Waals surface area contributed by atoms with Gasteiger partial charge in [0.1, 0.15) is 17.4 Å². The van der Waals surface area contributed by atoms with Gasteiger partial charge in [-0.15, -0.1) is 0 Å². The molecule has 0 atom stereocenters. The van der Waals surface area contributed by atoms with Crippen LogP contribution in [-0.4, -0.2) is 24.1 Å². The number of aromatic nitrogens is 2. The Labute approximate surface area is 126 Å². The summed E-state index contributed by atoms with van der Waals surface area (Å²) in [6.45, 7) is 8.39. The Kier molecular flexibility index (Phi) is 4.16. The number of benzene rings is 1. The molecule has 112 valence electrons. The van der Waals surface area contributed by atoms with Crippen molar-refractivity contribution in [3.8, 4) is 17.0 Å². The lowest BCUT2D eigenvalue weighted by molar-refractivity contribution is 0.416. The molecular weight excluding hydrogens is 262 g/mol. The van der Waals surface area contributed by atoms with E-state index in [9.17, 15) is 0 Å². The van der Waals surface area contributed by atoms with E-state index in [0.717, 1.165) is 28.6 Å². The summed E-state index contributed by atoms with van der Waals surface area (Å²) in [4.78, 5) is 9.31. The van der Waals surface area contributed by atoms with Crippen molar-refractivity contribution in [3.63, 3.8) is 0 Å². The quantitative estimate of drug-likeness (QED) is 0.931. The lowest BCUT2D eigenvalue weighted by Gasteiger charge is -2.19. The van der Waals surface area contributed by atoms with Crippen molar-refractivity contribution in [2.24, 2.45) is 0 Å². The first-order valence-corrected chi connectivity index (χ1v) is 7.07. The number of hydrogen-bond donors (Lipinski definition) is 1. The van der Waals surface area contributed by atoms with E-state index in [1.807, 2.05) is 25.2 Å². The second-order valence-corrected chi connectivity index (χ2v) is 6.17. The Hall–Kier alpha value is -2.10. The first-order chi connectivity index (χ1) is 9.85. The molecular formula is C17H23N3O. The zero-order valence-electron chi connectivity index (χ0n) is 13.6. The predicted octanol–water partition coefficient (Wildman–Crippen LogP) is 3.80. The molecule has 1 N–H and O–H groups in total. The van der Waals surface area contributed by atoms with Gasteiger partial charge in [0.2, 0.25) is 0 Å². The van der Waals surface area contributed by atoms with Gasteiger partial charge in [-0.25, -0.2) is 9.97 Å². The van der Waals surface area contributed by atoms with E-state index in [2.05, 4.69) is 44.1 Å². The summed E-state index contributed by atoms with van der Waals surface area (Å²) in [5.74, 6) is 2.45. The highest BCUT2D eigenvalue weighted by Gasteiger charge is 2.20. The van der Waals surface area contributed by atoms with Gasteiger partial charge in [0.05, 0.1) is 12.8 Å². The molecule has 0 aliphatic carbocycles. The molecule has 1 aromatic heterocycles. The van der Waals surface area contributed by atoms with Crippen molar-refractivity contribution in [1.82, 2.24) is 9.97 Å². The molecule has 2 rings (SSSR count). The lowest BCUT2D eigenvalue weighted by atomic mass is 9.95. The summed E-state index contributed by atoms with van der Waals surface area (Å²) in [6, 6.07) is 8.05. The maximum atomic E-state index is 5.47. The molecule has 0 aliphatic rings. The number of ether oxygens (including phenoxy) is 1. The molecule has 21 heavy (non-hydrogen) atoms. The monoisotopic (exact) mass is 285 g/mol. The van der Waals surface area contributed by atoms with Crippen LogP contribution in [0, 0.1) is 6.92 Å². The Balaban J connectivity index is 2.66. The predicted molar refractivity (Wildman–Crippen MR) is 87.0 cm³/mol. The summed E-state index contributed by atoms with van der Waals surface area (Å²) < 4.78 is 5.47. The van der Waals surface area contributed by atoms with Gasteiger partial charge in [-0.1, -0.05) is 32.4 Å². The van der Waals surface area contributed by atoms with E-state index in [4.69, 9.17) is 9.72 Å². The van der Waals surface area contributed by atoms with Crippen molar-refractivity contribution in [2.45, 2.75) is 33.1 Å². The fourth-order valence-electron chi connectivity index (χ4n) is 2.07. The van der Waals surface area contributed by atoms with E-state index in [1.54, 1.807) is 7.11 Å². The van der Waals surface area contributed by atoms with Crippen LogP contribution in [0.25, 0.3) is 11.3 Å². The van der Waals surface area contributed by atoms with Crippen molar-refractivity contribution in [1.29, 1.82) is 0 Å². The minimum Gasteiger partial charge on any atom is -0.496 e. The van der Waals surface area contributed by atoms with E-state index in [0.29, 0.717) is 0 Å². The van der Waals surface area contributed by atoms with E-state index < -0.39 is 0 Å². The third-order valence-electron chi connectivity index (χ3n) is 3.28. The fourth-order valence-corrected chi connectivity index (χ4v) is 2.07. The number of nitrogens with zero attached hydrogens (tertiary/aromatic N) is 2. The second kappa shape index (κ2) is 5.72. The van der Waals surface area contributed by atoms with Gasteiger partial charge < -0.3 is 10.1 Å². The number of anilines is 1. The van der Waals surface area contributed by atoms with Crippen molar-refractivity contribution in [3.05, 3.63) is 35.7 Å². The van der Waals surface area contributed by atoms with Gasteiger partial charge in [-0.05, 0) is 19.1 Å². The van der Waals surface area contributed by atoms with Gasteiger partial charge in [-0.3, -0.25) is 0 Å². The maximum absolute atomic E-state index is 5.47. The molecule has 0 radical (unpaired) electrons. The molecule has 2 aromatic rings. The molecule has 0 unspecified atom stereocenters. The number of aryl methyl sites for hydroxylation is 1. The zero-order valence-corrected chi connectivity index (χ0v) is 13.6. The minimum atomic E-state index is -0.112. The highest BCUT2D eigenvalue weighted by Crippen LogP contribution is 2.32. The van der Waals surface area contributed by atoms with Crippen LogP contribution in [0.4, 0.5) is 5.82 Å². The molecule has 0 bridgehead atoms. The van der Waals surface area contributed by atoms with Crippen molar-refractivity contribution in [2.75, 3.05) is 19.5 Å². The number of rotatable bonds is 3. The summed E-state index contributed by atoms with van der Waals surface area (Å²) in [7, 11) is 3.55. The minimum absolute atomic E-state index is 0.112. The van der Waals surface area contributed by atoms with Gasteiger partial charge >= 0.3 is 0 Å². The Morgan fingerprint density at radius 1 is 1.10 bits per heavy atom. The summed E-state index contributed by atoms with van der Waals surface area (Å²) >= 11 is 0. The van der Waals surface area contributed by atoms with E-state index >= 15 is 0 Å². The molecule has 0 saturated carbocycles. The highest BCUT2D eigenvalue weighted by molar-refractivity contribution is 5.70.